The molecule has 2 heteroatoms. The van der Waals surface area contributed by atoms with Gasteiger partial charge in [-0.1, -0.05) is 0 Å². The van der Waals surface area contributed by atoms with E-state index in [2.05, 4.69) is 50.3 Å². The Morgan fingerprint density at radius 3 is 1.04 bits per heavy atom. The van der Waals surface area contributed by atoms with E-state index in [0.717, 1.165) is 12.8 Å². The fraction of sp³-hybridized carbons (Fsp3) is 0.154. The van der Waals surface area contributed by atoms with Crippen LogP contribution < -0.4 is 0 Å². The Morgan fingerprint density at radius 2 is 0.964 bits per heavy atom. The SMILES string of the molecule is CC1=CC[C-]=C1.CC1=CC[C-]=C1.[CH3-].[CH3-].[SiH2]=[Zr].[c-]1ccccc1.[c-]1ccccc1. The molecule has 150 valence electrons. The zero-order valence-corrected chi connectivity index (χ0v) is 21.6. The van der Waals surface area contributed by atoms with Gasteiger partial charge in [0.1, 0.15) is 0 Å². The summed E-state index contributed by atoms with van der Waals surface area (Å²) in [7, 11) is 0. The van der Waals surface area contributed by atoms with Crippen molar-refractivity contribution in [1.82, 2.24) is 0 Å². The molecule has 0 saturated heterocycles. The van der Waals surface area contributed by atoms with Crippen molar-refractivity contribution < 1.29 is 23.3 Å². The molecule has 2 aliphatic rings. The second-order valence-corrected chi connectivity index (χ2v) is 5.16. The van der Waals surface area contributed by atoms with Crippen molar-refractivity contribution in [3.05, 3.63) is 135 Å². The Balaban J connectivity index is -0.000000282. The zero-order valence-electron chi connectivity index (χ0n) is 17.7. The van der Waals surface area contributed by atoms with E-state index in [1.54, 1.807) is 23.3 Å². The Morgan fingerprint density at radius 1 is 0.643 bits per heavy atom. The van der Waals surface area contributed by atoms with Gasteiger partial charge < -0.3 is 14.9 Å². The standard InChI is InChI=1S/2C6H7.2C6H5.2CH3.H2Si.Zr/c2*1-6-4-2-3-5-6;2*1-2-4-6-5-3-1;;;;/h2*4-5H,2H2,1H3;2*1-5H;2*1H3;1H2;/q6*-1;;. The Kier molecular flexibility index (Phi) is 28.4. The average molecular weight is 464 g/mol. The van der Waals surface area contributed by atoms with Gasteiger partial charge in [-0.05, 0) is 0 Å². The Labute approximate surface area is 191 Å². The summed E-state index contributed by atoms with van der Waals surface area (Å²) in [6.45, 7) is 6.12. The van der Waals surface area contributed by atoms with E-state index < -0.39 is 0 Å². The molecule has 0 spiro atoms. The Hall–Kier alpha value is -1.50. The van der Waals surface area contributed by atoms with Crippen LogP contribution in [0.2, 0.25) is 0 Å². The van der Waals surface area contributed by atoms with Gasteiger partial charge in [0.15, 0.2) is 0 Å². The first-order chi connectivity index (χ1) is 12.8. The molecule has 0 nitrogen and oxygen atoms in total. The van der Waals surface area contributed by atoms with Crippen LogP contribution in [0.5, 0.6) is 0 Å². The Bertz CT molecular complexity index is 537. The van der Waals surface area contributed by atoms with Crippen molar-refractivity contribution in [1.29, 1.82) is 0 Å². The van der Waals surface area contributed by atoms with Crippen LogP contribution in [0.1, 0.15) is 26.7 Å². The summed E-state index contributed by atoms with van der Waals surface area (Å²) >= 11 is 1.58. The molecule has 0 aliphatic heterocycles. The fourth-order valence-corrected chi connectivity index (χ4v) is 1.68. The molecule has 0 heterocycles. The van der Waals surface area contributed by atoms with Gasteiger partial charge in [-0.15, -0.1) is 26.7 Å². The maximum atomic E-state index is 3.05. The van der Waals surface area contributed by atoms with E-state index in [1.807, 2.05) is 79.7 Å². The molecule has 0 bridgehead atoms. The molecule has 0 N–H and O–H groups in total. The maximum absolute atomic E-state index is 3.05. The van der Waals surface area contributed by atoms with Crippen LogP contribution in [-0.4, -0.2) is 6.88 Å². The minimum absolute atomic E-state index is 0. The summed E-state index contributed by atoms with van der Waals surface area (Å²) in [5.74, 6) is 0. The van der Waals surface area contributed by atoms with E-state index in [1.165, 1.54) is 11.1 Å². The summed E-state index contributed by atoms with van der Waals surface area (Å²) in [4.78, 5) is 0. The van der Waals surface area contributed by atoms with Gasteiger partial charge in [0, 0.05) is 0 Å². The van der Waals surface area contributed by atoms with Crippen LogP contribution in [0.15, 0.2) is 96.1 Å². The molecule has 0 fully saturated rings. The predicted molar refractivity (Wildman–Crippen MR) is 124 cm³/mol. The third-order valence-corrected chi connectivity index (χ3v) is 2.96. The normalized spacial score (nSPS) is 11.5. The smallest absolute Gasteiger partial charge is 0.171 e. The molecule has 28 heavy (non-hydrogen) atoms. The largest absolute Gasteiger partial charge is 0.184 e. The molecule has 0 saturated carbocycles. The molecule has 2 aliphatic carbocycles. The molecule has 2 aromatic carbocycles. The quantitative estimate of drug-likeness (QED) is 0.315. The predicted octanol–water partition coefficient (Wildman–Crippen LogP) is 6.35. The minimum atomic E-state index is 0. The van der Waals surface area contributed by atoms with Gasteiger partial charge in [0.25, 0.3) is 0 Å². The number of hydrogen-bond donors (Lipinski definition) is 0. The maximum Gasteiger partial charge on any atom is -0.171 e. The molecule has 0 radical (unpaired) electrons. The topological polar surface area (TPSA) is 0 Å². The van der Waals surface area contributed by atoms with Crippen LogP contribution in [0, 0.1) is 39.1 Å². The second-order valence-electron chi connectivity index (χ2n) is 5.16. The summed E-state index contributed by atoms with van der Waals surface area (Å²) in [6, 6.07) is 25.0. The van der Waals surface area contributed by atoms with Gasteiger partial charge in [-0.2, -0.15) is 84.9 Å². The molecular formula is C26H32SiZr-6. The molecular weight excluding hydrogens is 432 g/mol. The van der Waals surface area contributed by atoms with E-state index in [-0.39, 0.29) is 14.9 Å². The van der Waals surface area contributed by atoms with Crippen LogP contribution in [0.25, 0.3) is 0 Å². The van der Waals surface area contributed by atoms with Crippen molar-refractivity contribution >= 4 is 6.88 Å². The summed E-state index contributed by atoms with van der Waals surface area (Å²) in [6.07, 6.45) is 16.5. The number of rotatable bonds is 0. The van der Waals surface area contributed by atoms with Gasteiger partial charge in [0.05, 0.1) is 0 Å². The minimum Gasteiger partial charge on any atom is -0.184 e. The van der Waals surface area contributed by atoms with Crippen LogP contribution in [-0.2, 0) is 23.3 Å². The van der Waals surface area contributed by atoms with Crippen LogP contribution in [0.4, 0.5) is 0 Å². The van der Waals surface area contributed by atoms with Gasteiger partial charge in [-0.25, -0.2) is 23.3 Å². The van der Waals surface area contributed by atoms with Crippen molar-refractivity contribution in [3.63, 3.8) is 0 Å². The number of allylic oxidation sites excluding steroid dienone is 8. The van der Waals surface area contributed by atoms with E-state index in [9.17, 15) is 0 Å². The molecule has 0 atom stereocenters. The molecule has 0 aromatic heterocycles. The second kappa shape index (κ2) is 25.5. The van der Waals surface area contributed by atoms with E-state index in [4.69, 9.17) is 0 Å². The van der Waals surface area contributed by atoms with E-state index >= 15 is 0 Å². The monoisotopic (exact) mass is 462 g/mol. The molecule has 4 rings (SSSR count). The number of benzene rings is 2. The van der Waals surface area contributed by atoms with Gasteiger partial charge in [0.2, 0.25) is 0 Å². The van der Waals surface area contributed by atoms with Gasteiger partial charge >= 0.3 is 30.2 Å². The first-order valence-electron chi connectivity index (χ1n) is 8.43. The molecule has 2 aromatic rings. The molecule has 0 unspecified atom stereocenters. The van der Waals surface area contributed by atoms with Crippen LogP contribution >= 0.6 is 0 Å². The first kappa shape index (κ1) is 31.2. The number of hydrogen-bond acceptors (Lipinski definition) is 0. The fourth-order valence-electron chi connectivity index (χ4n) is 1.68. The van der Waals surface area contributed by atoms with Crippen LogP contribution in [0.3, 0.4) is 0 Å². The summed E-state index contributed by atoms with van der Waals surface area (Å²) in [5, 5.41) is 0. The summed E-state index contributed by atoms with van der Waals surface area (Å²) < 4.78 is 0. The molecule has 0 amide bonds. The third-order valence-electron chi connectivity index (χ3n) is 2.96. The van der Waals surface area contributed by atoms with Crippen molar-refractivity contribution in [3.8, 4) is 0 Å². The third kappa shape index (κ3) is 22.5. The zero-order chi connectivity index (χ0) is 19.3. The van der Waals surface area contributed by atoms with E-state index in [0.29, 0.717) is 0 Å². The van der Waals surface area contributed by atoms with Crippen molar-refractivity contribution in [2.75, 3.05) is 0 Å². The summed E-state index contributed by atoms with van der Waals surface area (Å²) in [5.41, 5.74) is 2.69. The average Bonchev–Trinajstić information content (AvgIpc) is 3.41. The first-order valence-corrected chi connectivity index (χ1v) is 14.4. The van der Waals surface area contributed by atoms with Crippen molar-refractivity contribution in [2.24, 2.45) is 0 Å². The van der Waals surface area contributed by atoms with Crippen molar-refractivity contribution in [2.45, 2.75) is 26.7 Å². The van der Waals surface area contributed by atoms with Gasteiger partial charge in [-0.3, -0.25) is 12.2 Å².